The zero-order valence-electron chi connectivity index (χ0n) is 60.7. The molecule has 6 aromatic rings. The fourth-order valence-electron chi connectivity index (χ4n) is 13.6. The number of likely N-dealkylation sites (tertiary alicyclic amines) is 2. The number of rotatable bonds is 15. The maximum absolute atomic E-state index is 15.2. The maximum Gasteiger partial charge on any atom is 0.326 e. The van der Waals surface area contributed by atoms with Crippen LogP contribution in [0.25, 0.3) is 21.7 Å². The lowest BCUT2D eigenvalue weighted by atomic mass is 9.76. The number of hydrogen-bond donors (Lipinski definition) is 10. The third-order valence-electron chi connectivity index (χ3n) is 20.1. The van der Waals surface area contributed by atoms with Crippen molar-refractivity contribution in [2.75, 3.05) is 40.4 Å². The molecule has 0 aliphatic carbocycles. The minimum absolute atomic E-state index is 0.00950. The van der Waals surface area contributed by atoms with Crippen molar-refractivity contribution in [3.05, 3.63) is 161 Å². The van der Waals surface area contributed by atoms with E-state index in [0.29, 0.717) is 28.0 Å². The molecule has 5 aromatic carbocycles. The van der Waals surface area contributed by atoms with Gasteiger partial charge in [0.15, 0.2) is 5.78 Å². The van der Waals surface area contributed by atoms with Crippen LogP contribution in [0.5, 0.6) is 5.75 Å². The number of likely N-dealkylation sites (N-methyl/N-ethyl adjacent to an activating group) is 2. The number of aromatic amines is 1. The molecule has 0 spiro atoms. The molecule has 6 aliphatic heterocycles. The van der Waals surface area contributed by atoms with Gasteiger partial charge in [0.25, 0.3) is 5.91 Å². The van der Waals surface area contributed by atoms with Crippen LogP contribution in [-0.2, 0) is 78.4 Å². The van der Waals surface area contributed by atoms with E-state index >= 15 is 19.2 Å². The number of nitrogens with one attached hydrogen (secondary N) is 8. The minimum atomic E-state index is -1.50. The van der Waals surface area contributed by atoms with E-state index in [-0.39, 0.29) is 82.6 Å². The number of ketones is 2. The highest BCUT2D eigenvalue weighted by Crippen LogP contribution is 2.35. The number of aliphatic carboxylic acids is 2. The molecule has 25 nitrogen and oxygen atoms in total. The Morgan fingerprint density at radius 1 is 0.615 bits per heavy atom. The predicted molar refractivity (Wildman–Crippen MR) is 391 cm³/mol. The number of H-pyrrole nitrogens is 1. The van der Waals surface area contributed by atoms with Gasteiger partial charge in [-0.2, -0.15) is 0 Å². The molecule has 8 bridgehead atoms. The first-order valence-electron chi connectivity index (χ1n) is 35.5. The van der Waals surface area contributed by atoms with Crippen molar-refractivity contribution in [1.82, 2.24) is 52.0 Å². The highest BCUT2D eigenvalue weighted by molar-refractivity contribution is 5.99. The molecule has 2 fully saturated rings. The summed E-state index contributed by atoms with van der Waals surface area (Å²) in [6, 6.07) is 23.0. The van der Waals surface area contributed by atoms with E-state index in [1.54, 1.807) is 110 Å². The van der Waals surface area contributed by atoms with E-state index < -0.39 is 149 Å². The first-order chi connectivity index (χ1) is 49.4. The van der Waals surface area contributed by atoms with E-state index in [4.69, 9.17) is 9.47 Å². The number of amides is 7. The van der Waals surface area contributed by atoms with Crippen LogP contribution in [0.4, 0.5) is 0 Å². The normalized spacial score (nSPS) is 23.0. The molecule has 7 heterocycles. The van der Waals surface area contributed by atoms with Crippen molar-refractivity contribution < 1.29 is 72.4 Å². The van der Waals surface area contributed by atoms with E-state index in [0.717, 1.165) is 21.7 Å². The third-order valence-corrected chi connectivity index (χ3v) is 20.1. The highest BCUT2D eigenvalue weighted by Gasteiger charge is 2.48. The minimum Gasteiger partial charge on any atom is -0.490 e. The summed E-state index contributed by atoms with van der Waals surface area (Å²) in [6.07, 6.45) is 3.10. The number of Topliss-reactive ketones (excluding diaryl/α,β-unsaturated/α-hetero) is 2. The van der Waals surface area contributed by atoms with E-state index in [9.17, 15) is 43.8 Å². The zero-order valence-corrected chi connectivity index (χ0v) is 60.7. The quantitative estimate of drug-likeness (QED) is 0.0544. The topological polar surface area (TPSA) is 353 Å². The number of hydrogen-bond acceptors (Lipinski definition) is 15. The molecule has 7 amide bonds. The van der Waals surface area contributed by atoms with Gasteiger partial charge in [-0.1, -0.05) is 133 Å². The fraction of sp³-hybridized carbons (Fsp3) is 0.456. The van der Waals surface area contributed by atoms with Crippen molar-refractivity contribution in [2.45, 2.75) is 167 Å². The molecule has 10 N–H and O–H groups in total. The van der Waals surface area contributed by atoms with Crippen LogP contribution < -0.4 is 42.0 Å². The Balaban J connectivity index is 1.05. The molecule has 1 aromatic heterocycles. The Kier molecular flexibility index (Phi) is 25.8. The number of ether oxygens (including phenoxy) is 2. The number of para-hydroxylation sites is 1. The van der Waals surface area contributed by atoms with E-state index in [1.807, 2.05) is 81.4 Å². The van der Waals surface area contributed by atoms with Gasteiger partial charge in [-0.3, -0.25) is 47.9 Å². The molecule has 2 saturated heterocycles. The Bertz CT molecular complexity index is 4160. The van der Waals surface area contributed by atoms with Gasteiger partial charge in [-0.25, -0.2) is 4.79 Å². The van der Waals surface area contributed by atoms with Gasteiger partial charge in [0, 0.05) is 86.2 Å². The lowest BCUT2D eigenvalue weighted by Crippen LogP contribution is -2.61. The average molecular weight is 1430 g/mol. The summed E-state index contributed by atoms with van der Waals surface area (Å²) in [6.45, 7) is 14.0. The average Bonchev–Trinajstić information content (AvgIpc) is 1.62. The first-order valence-corrected chi connectivity index (χ1v) is 35.5. The maximum atomic E-state index is 15.2. The Morgan fingerprint density at radius 3 is 1.90 bits per heavy atom. The molecule has 554 valence electrons. The van der Waals surface area contributed by atoms with Crippen LogP contribution in [0.3, 0.4) is 0 Å². The SMILES string of the molecule is CN[C@@H](C)C(=O)C[C@H](C(=O)N1C[C@@H]2C[C@H]1C(=O)N[C@@H](Cc1c[nH]c3ccccc13)C(=O)C[C@H](C(=O)O)Cc1ccc(cc1)C(=O)N[C@H]1C[C@@H](C(=O)N[C@@H](Cc3ccc4ccccc4c3)C(=O)N[C@H](C(=O)O)Cc3ccc(cc3)OC/C=C/CO2)N(C(=O)[C@@H](NC(=O)[C@H](C)NC)C(C)(C)C)C1)C(C)(C)C. The second kappa shape index (κ2) is 34.4. The van der Waals surface area contributed by atoms with Crippen LogP contribution in [-0.4, -0.2) is 191 Å². The van der Waals surface area contributed by atoms with Gasteiger partial charge in [-0.05, 0) is 121 Å². The number of carbonyl (C=O) groups is 11. The summed E-state index contributed by atoms with van der Waals surface area (Å²) in [5, 5.41) is 44.1. The predicted octanol–water partition coefficient (Wildman–Crippen LogP) is 5.79. The second-order valence-corrected chi connectivity index (χ2v) is 29.7. The fourth-order valence-corrected chi connectivity index (χ4v) is 13.6. The molecular formula is C79H98N10O15. The Hall–Kier alpha value is -10.1. The zero-order chi connectivity index (χ0) is 75.3. The molecule has 104 heavy (non-hydrogen) atoms. The molecular weight excluding hydrogens is 1330 g/mol. The summed E-state index contributed by atoms with van der Waals surface area (Å²) in [7, 11) is 3.24. The lowest BCUT2D eigenvalue weighted by molar-refractivity contribution is -0.147. The molecule has 6 aliphatic rings. The second-order valence-electron chi connectivity index (χ2n) is 29.7. The number of benzene rings is 5. The van der Waals surface area contributed by atoms with Crippen molar-refractivity contribution in [1.29, 1.82) is 0 Å². The summed E-state index contributed by atoms with van der Waals surface area (Å²) in [5.74, 6) is -9.78. The first kappa shape index (κ1) is 78.0. The molecule has 25 heteroatoms. The van der Waals surface area contributed by atoms with Gasteiger partial charge in [0.05, 0.1) is 36.8 Å². The number of fused-ring (bicyclic) bond motifs is 2. The van der Waals surface area contributed by atoms with Crippen LogP contribution in [0.2, 0.25) is 0 Å². The van der Waals surface area contributed by atoms with E-state index in [1.165, 1.54) is 21.9 Å². The van der Waals surface area contributed by atoms with Crippen molar-refractivity contribution in [2.24, 2.45) is 22.7 Å². The monoisotopic (exact) mass is 1430 g/mol. The number of carboxylic acids is 2. The largest absolute Gasteiger partial charge is 0.490 e. The number of aromatic nitrogens is 1. The van der Waals surface area contributed by atoms with Crippen LogP contribution in [0.15, 0.2) is 134 Å². The Labute approximate surface area is 605 Å². The van der Waals surface area contributed by atoms with Gasteiger partial charge in [0.1, 0.15) is 48.3 Å². The molecule has 0 unspecified atom stereocenters. The Morgan fingerprint density at radius 2 is 1.24 bits per heavy atom. The summed E-state index contributed by atoms with van der Waals surface area (Å²) in [5.41, 5.74) is 1.45. The van der Waals surface area contributed by atoms with Crippen LogP contribution in [0.1, 0.15) is 114 Å². The molecule has 0 saturated carbocycles. The summed E-state index contributed by atoms with van der Waals surface area (Å²) >= 11 is 0. The van der Waals surface area contributed by atoms with Gasteiger partial charge < -0.3 is 71.7 Å². The summed E-state index contributed by atoms with van der Waals surface area (Å²) < 4.78 is 12.3. The third kappa shape index (κ3) is 20.0. The van der Waals surface area contributed by atoms with Gasteiger partial charge in [-0.15, -0.1) is 0 Å². The van der Waals surface area contributed by atoms with Crippen molar-refractivity contribution in [3.63, 3.8) is 0 Å². The van der Waals surface area contributed by atoms with Crippen molar-refractivity contribution in [3.8, 4) is 5.75 Å². The van der Waals surface area contributed by atoms with Gasteiger partial charge in [0.2, 0.25) is 35.4 Å². The van der Waals surface area contributed by atoms with Crippen LogP contribution >= 0.6 is 0 Å². The highest BCUT2D eigenvalue weighted by atomic mass is 16.5. The molecule has 12 rings (SSSR count). The van der Waals surface area contributed by atoms with Crippen molar-refractivity contribution >= 4 is 86.5 Å². The van der Waals surface area contributed by atoms with E-state index in [2.05, 4.69) is 42.2 Å². The smallest absolute Gasteiger partial charge is 0.326 e. The van der Waals surface area contributed by atoms with Crippen LogP contribution in [0, 0.1) is 22.7 Å². The number of nitrogens with zero attached hydrogens (tertiary/aromatic N) is 2. The standard InChI is InChI=1S/C79H98N10O15/c1-45(80-9)66(90)41-59(78(3,4)5)74(97)89-44-57-40-65(89)73(96)84-61(37-54-42-82-60-20-14-13-19-58(54)60)67(91)38-53(76(99)100)33-47-21-27-51(28-22-47)70(93)83-55-39-64(88(43-55)75(98)68(79(6,7)8)87-69(92)46(2)81-10)72(95)85-62(36-49-23-26-50-17-11-12-18-52(50)34-49)71(94)86-63(77(101)102)35-48-24-29-56(30-25-48)103-31-15-16-32-104-57/h11-30,34,42,45-46,53,55,57,59,61-65,68,80-82H,31-33,35-41,43-44H2,1-10H3,(H,83,93)(H,84,96)(H,85,95)(H,86,94)(H,87,92)(H,99,100)(H,101,102)/b16-15+/t45-,46-,53+,55-,57-,59+,61-,62-,63-,64-,65-,68+/m0/s1. The van der Waals surface area contributed by atoms with Gasteiger partial charge >= 0.3 is 11.9 Å². The molecule has 0 radical (unpaired) electrons. The number of carbonyl (C=O) groups excluding carboxylic acids is 9. The number of carboxylic acid groups (broad SMARTS) is 2. The molecule has 12 atom stereocenters. The lowest BCUT2D eigenvalue weighted by Gasteiger charge is -2.36. The summed E-state index contributed by atoms with van der Waals surface area (Å²) in [4.78, 5) is 164.